The van der Waals surface area contributed by atoms with E-state index in [0.717, 1.165) is 55.9 Å². The molecule has 6 heteroatoms. The van der Waals surface area contributed by atoms with Crippen molar-refractivity contribution < 1.29 is 0 Å². The van der Waals surface area contributed by atoms with E-state index in [4.69, 9.17) is 10.1 Å². The quantitative estimate of drug-likeness (QED) is 0.220. The Morgan fingerprint density at radius 2 is 1.21 bits per heavy atom. The van der Waals surface area contributed by atoms with Crippen LogP contribution < -0.4 is 0 Å². The topological polar surface area (TPSA) is 53.5 Å². The van der Waals surface area contributed by atoms with Crippen LogP contribution in [-0.4, -0.2) is 28.9 Å². The lowest BCUT2D eigenvalue weighted by molar-refractivity contribution is 0.881. The van der Waals surface area contributed by atoms with Crippen molar-refractivity contribution in [3.8, 4) is 28.3 Å². The van der Waals surface area contributed by atoms with Crippen LogP contribution in [-0.2, 0) is 0 Å². The number of aromatic nitrogens is 6. The highest BCUT2D eigenvalue weighted by atomic mass is 15.3. The van der Waals surface area contributed by atoms with Gasteiger partial charge in [0.15, 0.2) is 0 Å². The molecule has 0 aliphatic rings. The van der Waals surface area contributed by atoms with E-state index in [1.54, 1.807) is 0 Å². The van der Waals surface area contributed by atoms with E-state index < -0.39 is 0 Å². The second kappa shape index (κ2) is 9.26. The first kappa shape index (κ1) is 23.7. The van der Waals surface area contributed by atoms with Gasteiger partial charge in [-0.15, -0.1) is 0 Å². The molecule has 0 saturated heterocycles. The van der Waals surface area contributed by atoms with Crippen LogP contribution in [0.1, 0.15) is 0 Å². The average molecular weight is 553 g/mol. The molecule has 0 radical (unpaired) electrons. The van der Waals surface area contributed by atoms with Crippen molar-refractivity contribution >= 4 is 43.7 Å². The summed E-state index contributed by atoms with van der Waals surface area (Å²) >= 11 is 0. The number of hydrogen-bond donors (Lipinski definition) is 0. The number of fused-ring (bicyclic) bond motifs is 6. The number of pyridine rings is 2. The molecule has 43 heavy (non-hydrogen) atoms. The van der Waals surface area contributed by atoms with Gasteiger partial charge in [-0.25, -0.2) is 9.67 Å². The Bertz CT molecular complexity index is 2410. The second-order valence-electron chi connectivity index (χ2n) is 10.7. The Kier molecular flexibility index (Phi) is 5.10. The number of rotatable bonds is 4. The zero-order valence-corrected chi connectivity index (χ0v) is 23.0. The summed E-state index contributed by atoms with van der Waals surface area (Å²) in [6, 6.07) is 42.3. The normalized spacial score (nSPS) is 11.7. The molecule has 0 atom stereocenters. The first-order valence-corrected chi connectivity index (χ1v) is 14.3. The molecule has 5 heterocycles. The highest BCUT2D eigenvalue weighted by molar-refractivity contribution is 6.10. The van der Waals surface area contributed by atoms with Crippen molar-refractivity contribution in [3.05, 3.63) is 146 Å². The molecule has 0 aliphatic carbocycles. The third-order valence-corrected chi connectivity index (χ3v) is 8.25. The standard InChI is InChI=1S/C37H24N6/c1-3-15-34-29(11-1)31-18-17-26(22-36(31)42(34)27-10-7-9-25(21-27)33-14-5-6-19-38-33)41-24-28(23-40-41)43-35-16-4-2-12-30(35)32-13-8-20-39-37(32)43/h1-24H. The van der Waals surface area contributed by atoms with Crippen molar-refractivity contribution in [1.29, 1.82) is 0 Å². The molecule has 0 unspecified atom stereocenters. The minimum Gasteiger partial charge on any atom is -0.309 e. The second-order valence-corrected chi connectivity index (χ2v) is 10.7. The zero-order valence-electron chi connectivity index (χ0n) is 23.0. The van der Waals surface area contributed by atoms with Crippen molar-refractivity contribution in [2.45, 2.75) is 0 Å². The summed E-state index contributed by atoms with van der Waals surface area (Å²) in [4.78, 5) is 9.32. The van der Waals surface area contributed by atoms with Gasteiger partial charge >= 0.3 is 0 Å². The van der Waals surface area contributed by atoms with E-state index >= 15 is 0 Å². The summed E-state index contributed by atoms with van der Waals surface area (Å²) in [7, 11) is 0. The fraction of sp³-hybridized carbons (Fsp3) is 0. The maximum Gasteiger partial charge on any atom is 0.145 e. The van der Waals surface area contributed by atoms with E-state index in [2.05, 4.69) is 117 Å². The third kappa shape index (κ3) is 3.63. The van der Waals surface area contributed by atoms with Gasteiger partial charge in [-0.3, -0.25) is 9.55 Å². The van der Waals surface area contributed by atoms with Crippen LogP contribution in [0.15, 0.2) is 146 Å². The molecule has 6 nitrogen and oxygen atoms in total. The van der Waals surface area contributed by atoms with Gasteiger partial charge in [-0.05, 0) is 60.7 Å². The van der Waals surface area contributed by atoms with Crippen molar-refractivity contribution in [2.75, 3.05) is 0 Å². The Morgan fingerprint density at radius 1 is 0.465 bits per heavy atom. The molecule has 5 aromatic heterocycles. The fourth-order valence-corrected chi connectivity index (χ4v) is 6.34. The van der Waals surface area contributed by atoms with Crippen LogP contribution in [0.3, 0.4) is 0 Å². The number of benzene rings is 4. The van der Waals surface area contributed by atoms with Gasteiger partial charge in [0.2, 0.25) is 0 Å². The first-order valence-electron chi connectivity index (χ1n) is 14.3. The molecule has 0 amide bonds. The SMILES string of the molecule is c1ccc(-c2cccc(-n3c4ccccc4c4ccc(-n5cc(-n6c7ccccc7c7cccnc76)cn5)cc43)c2)nc1. The molecule has 0 spiro atoms. The fourth-order valence-electron chi connectivity index (χ4n) is 6.34. The summed E-state index contributed by atoms with van der Waals surface area (Å²) in [5.41, 5.74) is 9.38. The average Bonchev–Trinajstić information content (AvgIpc) is 3.78. The van der Waals surface area contributed by atoms with Gasteiger partial charge in [0.05, 0.1) is 46.0 Å². The molecule has 9 aromatic rings. The predicted molar refractivity (Wildman–Crippen MR) is 173 cm³/mol. The molecule has 202 valence electrons. The monoisotopic (exact) mass is 552 g/mol. The Labute approximate surface area is 246 Å². The molecule has 0 saturated carbocycles. The van der Waals surface area contributed by atoms with E-state index in [9.17, 15) is 0 Å². The molecular formula is C37H24N6. The Hall–Kier alpha value is -6.01. The van der Waals surface area contributed by atoms with Crippen LogP contribution in [0.5, 0.6) is 0 Å². The summed E-state index contributed by atoms with van der Waals surface area (Å²) < 4.78 is 6.47. The lowest BCUT2D eigenvalue weighted by Gasteiger charge is -2.11. The Morgan fingerprint density at radius 3 is 2.07 bits per heavy atom. The van der Waals surface area contributed by atoms with Gasteiger partial charge in [0.1, 0.15) is 5.65 Å². The van der Waals surface area contributed by atoms with Crippen LogP contribution >= 0.6 is 0 Å². The van der Waals surface area contributed by atoms with Gasteiger partial charge in [-0.1, -0.05) is 60.7 Å². The van der Waals surface area contributed by atoms with Crippen LogP contribution in [0, 0.1) is 0 Å². The highest BCUT2D eigenvalue weighted by Crippen LogP contribution is 2.35. The summed E-state index contributed by atoms with van der Waals surface area (Å²) in [6.07, 6.45) is 7.67. The van der Waals surface area contributed by atoms with Gasteiger partial charge < -0.3 is 4.57 Å². The molecular weight excluding hydrogens is 528 g/mol. The first-order chi connectivity index (χ1) is 21.3. The van der Waals surface area contributed by atoms with Crippen LogP contribution in [0.4, 0.5) is 0 Å². The molecule has 4 aromatic carbocycles. The van der Waals surface area contributed by atoms with E-state index in [1.807, 2.05) is 47.5 Å². The molecule has 9 rings (SSSR count). The number of hydrogen-bond acceptors (Lipinski definition) is 3. The van der Waals surface area contributed by atoms with Crippen molar-refractivity contribution in [1.82, 2.24) is 28.9 Å². The van der Waals surface area contributed by atoms with Crippen molar-refractivity contribution in [2.24, 2.45) is 0 Å². The largest absolute Gasteiger partial charge is 0.309 e. The molecule has 0 aliphatic heterocycles. The highest BCUT2D eigenvalue weighted by Gasteiger charge is 2.16. The number of nitrogens with zero attached hydrogens (tertiary/aromatic N) is 6. The summed E-state index contributed by atoms with van der Waals surface area (Å²) in [5.74, 6) is 0. The maximum absolute atomic E-state index is 4.82. The van der Waals surface area contributed by atoms with E-state index in [-0.39, 0.29) is 0 Å². The van der Waals surface area contributed by atoms with Crippen LogP contribution in [0.2, 0.25) is 0 Å². The molecule has 0 bridgehead atoms. The summed E-state index contributed by atoms with van der Waals surface area (Å²) in [5, 5.41) is 9.54. The zero-order chi connectivity index (χ0) is 28.3. The third-order valence-electron chi connectivity index (χ3n) is 8.25. The lowest BCUT2D eigenvalue weighted by atomic mass is 10.1. The smallest absolute Gasteiger partial charge is 0.145 e. The number of para-hydroxylation sites is 2. The van der Waals surface area contributed by atoms with E-state index in [1.165, 1.54) is 16.2 Å². The molecule has 0 N–H and O–H groups in total. The van der Waals surface area contributed by atoms with Gasteiger partial charge in [-0.2, -0.15) is 5.10 Å². The Balaban J connectivity index is 1.22. The minimum absolute atomic E-state index is 0.923. The minimum atomic E-state index is 0.923. The maximum atomic E-state index is 4.82. The van der Waals surface area contributed by atoms with Crippen molar-refractivity contribution in [3.63, 3.8) is 0 Å². The van der Waals surface area contributed by atoms with Gasteiger partial charge in [0, 0.05) is 45.2 Å². The van der Waals surface area contributed by atoms with Gasteiger partial charge in [0.25, 0.3) is 0 Å². The molecule has 0 fully saturated rings. The summed E-state index contributed by atoms with van der Waals surface area (Å²) in [6.45, 7) is 0. The van der Waals surface area contributed by atoms with Crippen LogP contribution in [0.25, 0.3) is 72.1 Å². The lowest BCUT2D eigenvalue weighted by Crippen LogP contribution is -1.98. The predicted octanol–water partition coefficient (Wildman–Crippen LogP) is 8.52. The van der Waals surface area contributed by atoms with E-state index in [0.29, 0.717) is 0 Å².